The van der Waals surface area contributed by atoms with Gasteiger partial charge >= 0.3 is 0 Å². The van der Waals surface area contributed by atoms with Crippen molar-refractivity contribution in [3.05, 3.63) is 17.5 Å². The second-order valence-electron chi connectivity index (χ2n) is 8.63. The number of hydrogen-bond acceptors (Lipinski definition) is 4. The summed E-state index contributed by atoms with van der Waals surface area (Å²) in [6.07, 6.45) is 11.1. The molecule has 0 spiro atoms. The Hall–Kier alpha value is -2.33. The van der Waals surface area contributed by atoms with Crippen LogP contribution in [0.15, 0.2) is 6.20 Å². The van der Waals surface area contributed by atoms with Crippen molar-refractivity contribution in [2.75, 3.05) is 13.6 Å². The van der Waals surface area contributed by atoms with Crippen LogP contribution in [0.4, 0.5) is 0 Å². The average molecular weight is 371 g/mol. The standard InChI is InChI=1S/C20H29N5O2/c1-5-13-11-21-24-17(13)19(27)23-15-8-6-14(7-9-15)22-18(26)16-10-20(2,3)12-25(16)4/h1,11,14-16H,6-10,12H2,2-4H3,(H,21,24)(H,22,26)(H,23,27). The minimum Gasteiger partial charge on any atom is -0.352 e. The normalized spacial score (nSPS) is 27.7. The Labute approximate surface area is 160 Å². The van der Waals surface area contributed by atoms with E-state index in [0.29, 0.717) is 11.3 Å². The summed E-state index contributed by atoms with van der Waals surface area (Å²) in [6.45, 7) is 5.35. The van der Waals surface area contributed by atoms with Gasteiger partial charge in [0.15, 0.2) is 0 Å². The number of nitrogens with one attached hydrogen (secondary N) is 3. The molecule has 3 rings (SSSR count). The maximum absolute atomic E-state index is 12.6. The Bertz CT molecular complexity index is 740. The molecule has 27 heavy (non-hydrogen) atoms. The minimum absolute atomic E-state index is 0.0417. The van der Waals surface area contributed by atoms with Crippen LogP contribution in [-0.2, 0) is 4.79 Å². The van der Waals surface area contributed by atoms with Gasteiger partial charge in [0.2, 0.25) is 5.91 Å². The van der Waals surface area contributed by atoms with E-state index in [1.165, 1.54) is 6.20 Å². The maximum Gasteiger partial charge on any atom is 0.270 e. The van der Waals surface area contributed by atoms with Crippen molar-refractivity contribution in [3.8, 4) is 12.3 Å². The summed E-state index contributed by atoms with van der Waals surface area (Å²) in [7, 11) is 2.02. The van der Waals surface area contributed by atoms with Crippen molar-refractivity contribution < 1.29 is 9.59 Å². The van der Waals surface area contributed by atoms with Gasteiger partial charge in [0.05, 0.1) is 17.8 Å². The summed E-state index contributed by atoms with van der Waals surface area (Å²) in [4.78, 5) is 27.1. The molecule has 0 aromatic carbocycles. The Morgan fingerprint density at radius 2 is 1.89 bits per heavy atom. The summed E-state index contributed by atoms with van der Waals surface area (Å²) in [5, 5.41) is 12.7. The number of amides is 2. The number of likely N-dealkylation sites (N-methyl/N-ethyl adjacent to an activating group) is 1. The van der Waals surface area contributed by atoms with Gasteiger partial charge in [0.1, 0.15) is 5.69 Å². The van der Waals surface area contributed by atoms with Gasteiger partial charge in [-0.3, -0.25) is 19.6 Å². The second-order valence-corrected chi connectivity index (χ2v) is 8.63. The van der Waals surface area contributed by atoms with Gasteiger partial charge in [-0.25, -0.2) is 0 Å². The zero-order valence-corrected chi connectivity index (χ0v) is 16.3. The number of aromatic nitrogens is 2. The quantitative estimate of drug-likeness (QED) is 0.696. The average Bonchev–Trinajstić information content (AvgIpc) is 3.19. The summed E-state index contributed by atoms with van der Waals surface area (Å²) < 4.78 is 0. The first-order valence-electron chi connectivity index (χ1n) is 9.60. The molecule has 146 valence electrons. The third kappa shape index (κ3) is 4.51. The van der Waals surface area contributed by atoms with Crippen LogP contribution in [0.1, 0.15) is 62.0 Å². The minimum atomic E-state index is -0.220. The summed E-state index contributed by atoms with van der Waals surface area (Å²) in [6, 6.07) is 0.226. The lowest BCUT2D eigenvalue weighted by atomic mass is 9.89. The first kappa shape index (κ1) is 19.4. The number of terminal acetylenes is 1. The van der Waals surface area contributed by atoms with Gasteiger partial charge in [0.25, 0.3) is 5.91 Å². The predicted octanol–water partition coefficient (Wildman–Crippen LogP) is 1.28. The highest BCUT2D eigenvalue weighted by molar-refractivity contribution is 5.94. The van der Waals surface area contributed by atoms with E-state index in [1.807, 2.05) is 7.05 Å². The summed E-state index contributed by atoms with van der Waals surface area (Å²) in [5.41, 5.74) is 0.986. The van der Waals surface area contributed by atoms with Gasteiger partial charge in [-0.2, -0.15) is 5.10 Å². The fourth-order valence-corrected chi connectivity index (χ4v) is 4.33. The third-order valence-electron chi connectivity index (χ3n) is 5.69. The van der Waals surface area contributed by atoms with E-state index in [2.05, 4.69) is 45.5 Å². The monoisotopic (exact) mass is 371 g/mol. The molecule has 2 aliphatic rings. The highest BCUT2D eigenvalue weighted by atomic mass is 16.2. The molecular formula is C20H29N5O2. The lowest BCUT2D eigenvalue weighted by molar-refractivity contribution is -0.126. The van der Waals surface area contributed by atoms with Gasteiger partial charge in [-0.1, -0.05) is 19.8 Å². The first-order valence-corrected chi connectivity index (χ1v) is 9.60. The van der Waals surface area contributed by atoms with Gasteiger partial charge in [-0.15, -0.1) is 6.42 Å². The molecule has 1 aromatic heterocycles. The topological polar surface area (TPSA) is 90.1 Å². The zero-order valence-electron chi connectivity index (χ0n) is 16.3. The number of aromatic amines is 1. The van der Waals surface area contributed by atoms with Crippen LogP contribution in [0.25, 0.3) is 0 Å². The van der Waals surface area contributed by atoms with Crippen LogP contribution in [0.5, 0.6) is 0 Å². The number of carbonyl (C=O) groups excluding carboxylic acids is 2. The molecule has 1 unspecified atom stereocenters. The molecule has 1 saturated heterocycles. The van der Waals surface area contributed by atoms with Crippen LogP contribution in [-0.4, -0.2) is 58.6 Å². The number of rotatable bonds is 4. The highest BCUT2D eigenvalue weighted by Gasteiger charge is 2.39. The summed E-state index contributed by atoms with van der Waals surface area (Å²) in [5.74, 6) is 2.36. The second kappa shape index (κ2) is 7.73. The Morgan fingerprint density at radius 1 is 1.26 bits per heavy atom. The third-order valence-corrected chi connectivity index (χ3v) is 5.69. The Morgan fingerprint density at radius 3 is 2.44 bits per heavy atom. The molecule has 7 heteroatoms. The van der Waals surface area contributed by atoms with Crippen molar-refractivity contribution in [1.82, 2.24) is 25.7 Å². The van der Waals surface area contributed by atoms with E-state index in [0.717, 1.165) is 38.6 Å². The predicted molar refractivity (Wildman–Crippen MR) is 103 cm³/mol. The fraction of sp³-hybridized carbons (Fsp3) is 0.650. The molecule has 2 heterocycles. The smallest absolute Gasteiger partial charge is 0.270 e. The molecular weight excluding hydrogens is 342 g/mol. The van der Waals surface area contributed by atoms with Gasteiger partial charge in [0, 0.05) is 18.6 Å². The molecule has 7 nitrogen and oxygen atoms in total. The van der Waals surface area contributed by atoms with Crippen LogP contribution < -0.4 is 10.6 Å². The molecule has 3 N–H and O–H groups in total. The number of carbonyl (C=O) groups is 2. The van der Waals surface area contributed by atoms with Crippen molar-refractivity contribution in [2.24, 2.45) is 5.41 Å². The van der Waals surface area contributed by atoms with Crippen molar-refractivity contribution in [2.45, 2.75) is 64.1 Å². The molecule has 1 aliphatic heterocycles. The van der Waals surface area contributed by atoms with E-state index >= 15 is 0 Å². The van der Waals surface area contributed by atoms with E-state index in [1.54, 1.807) is 0 Å². The maximum atomic E-state index is 12.6. The molecule has 2 amide bonds. The lowest BCUT2D eigenvalue weighted by Crippen LogP contribution is -2.48. The van der Waals surface area contributed by atoms with Crippen LogP contribution in [0.2, 0.25) is 0 Å². The summed E-state index contributed by atoms with van der Waals surface area (Å²) >= 11 is 0. The SMILES string of the molecule is C#Cc1cn[nH]c1C(=O)NC1CCC(NC(=O)C2CC(C)(C)CN2C)CC1. The number of H-pyrrole nitrogens is 1. The van der Waals surface area contributed by atoms with Crippen molar-refractivity contribution >= 4 is 11.8 Å². The van der Waals surface area contributed by atoms with E-state index in [4.69, 9.17) is 6.42 Å². The lowest BCUT2D eigenvalue weighted by Gasteiger charge is -2.31. The van der Waals surface area contributed by atoms with E-state index in [-0.39, 0.29) is 35.4 Å². The fourth-order valence-electron chi connectivity index (χ4n) is 4.33. The molecule has 0 radical (unpaired) electrons. The van der Waals surface area contributed by atoms with Crippen molar-refractivity contribution in [3.63, 3.8) is 0 Å². The largest absolute Gasteiger partial charge is 0.352 e. The van der Waals surface area contributed by atoms with Crippen LogP contribution >= 0.6 is 0 Å². The van der Waals surface area contributed by atoms with Gasteiger partial charge < -0.3 is 10.6 Å². The molecule has 1 aromatic rings. The van der Waals surface area contributed by atoms with Crippen molar-refractivity contribution in [1.29, 1.82) is 0 Å². The number of likely N-dealkylation sites (tertiary alicyclic amines) is 1. The molecule has 1 saturated carbocycles. The highest BCUT2D eigenvalue weighted by Crippen LogP contribution is 2.33. The van der Waals surface area contributed by atoms with Crippen LogP contribution in [0.3, 0.4) is 0 Å². The first-order chi connectivity index (χ1) is 12.8. The Kier molecular flexibility index (Phi) is 5.56. The van der Waals surface area contributed by atoms with E-state index in [9.17, 15) is 9.59 Å². The molecule has 2 fully saturated rings. The van der Waals surface area contributed by atoms with E-state index < -0.39 is 0 Å². The Balaban J connectivity index is 1.46. The number of nitrogens with zero attached hydrogens (tertiary/aromatic N) is 2. The van der Waals surface area contributed by atoms with Gasteiger partial charge in [-0.05, 0) is 44.6 Å². The van der Waals surface area contributed by atoms with Crippen LogP contribution in [0, 0.1) is 17.8 Å². The molecule has 0 bridgehead atoms. The zero-order chi connectivity index (χ0) is 19.6. The molecule has 1 aliphatic carbocycles. The molecule has 1 atom stereocenters. The number of hydrogen-bond donors (Lipinski definition) is 3.